The van der Waals surface area contributed by atoms with Gasteiger partial charge in [0, 0.05) is 48.8 Å². The standard InChI is InChI=1S/C30H22O4S6.2CO2/c1-15-7-9-35-27(15)19-3-6-22(37-19)30-18(14-26(33)34)12-24(40-30)23-11-16(2)28(39-23)20-4-5-21(38-20)29-17(8-10-36-29)13-25(31)32;2*2-1-3/h3-12H,13-14H2,1-2H3,(H,31,32)(H,33,34);;. The van der Waals surface area contributed by atoms with Gasteiger partial charge in [-0.1, -0.05) is 0 Å². The average molecular weight is 727 g/mol. The lowest BCUT2D eigenvalue weighted by molar-refractivity contribution is -0.193. The fourth-order valence-corrected chi connectivity index (χ4v) is 11.5. The summed E-state index contributed by atoms with van der Waals surface area (Å²) >= 11 is 10.1. The van der Waals surface area contributed by atoms with Gasteiger partial charge in [0.05, 0.1) is 12.8 Å². The summed E-state index contributed by atoms with van der Waals surface area (Å²) in [5.41, 5.74) is 4.12. The number of hydrogen-bond donors (Lipinski definition) is 2. The number of aryl methyl sites for hydroxylation is 2. The van der Waals surface area contributed by atoms with Gasteiger partial charge >= 0.3 is 24.2 Å². The molecular formula is C32H22O8S6. The van der Waals surface area contributed by atoms with E-state index in [2.05, 4.69) is 55.6 Å². The Kier molecular flexibility index (Phi) is 12.1. The first-order valence-electron chi connectivity index (χ1n) is 13.1. The first-order valence-corrected chi connectivity index (χ1v) is 18.1. The van der Waals surface area contributed by atoms with E-state index in [4.69, 9.17) is 19.2 Å². The third-order valence-electron chi connectivity index (χ3n) is 6.37. The van der Waals surface area contributed by atoms with Crippen LogP contribution in [0.15, 0.2) is 59.3 Å². The van der Waals surface area contributed by atoms with Gasteiger partial charge in [0.25, 0.3) is 0 Å². The Morgan fingerprint density at radius 1 is 0.543 bits per heavy atom. The number of rotatable bonds is 9. The predicted octanol–water partition coefficient (Wildman–Crippen LogP) is 9.09. The van der Waals surface area contributed by atoms with Crippen LogP contribution in [0.1, 0.15) is 22.3 Å². The summed E-state index contributed by atoms with van der Waals surface area (Å²) in [6.07, 6.45) is 0.508. The molecule has 0 spiro atoms. The van der Waals surface area contributed by atoms with Crippen LogP contribution in [0, 0.1) is 13.8 Å². The molecule has 6 aromatic heterocycles. The molecule has 14 heteroatoms. The maximum atomic E-state index is 11.7. The van der Waals surface area contributed by atoms with Crippen LogP contribution in [0.2, 0.25) is 0 Å². The Hall–Kier alpha value is -4.10. The average Bonchev–Trinajstić information content (AvgIpc) is 3.81. The fourth-order valence-electron chi connectivity index (χ4n) is 4.54. The first-order chi connectivity index (χ1) is 22.1. The number of carbonyl (C=O) groups excluding carboxylic acids is 4. The number of aliphatic carboxylic acids is 2. The molecule has 0 aliphatic heterocycles. The molecule has 0 bridgehead atoms. The van der Waals surface area contributed by atoms with Crippen LogP contribution >= 0.6 is 68.0 Å². The minimum atomic E-state index is -0.832. The van der Waals surface area contributed by atoms with E-state index in [-0.39, 0.29) is 25.1 Å². The van der Waals surface area contributed by atoms with Crippen LogP contribution in [-0.2, 0) is 41.6 Å². The van der Waals surface area contributed by atoms with Gasteiger partial charge in [-0.25, -0.2) is 0 Å². The number of carboxylic acids is 2. The van der Waals surface area contributed by atoms with E-state index in [1.54, 1.807) is 68.0 Å². The van der Waals surface area contributed by atoms with Crippen LogP contribution in [-0.4, -0.2) is 34.5 Å². The van der Waals surface area contributed by atoms with Gasteiger partial charge in [0.15, 0.2) is 0 Å². The van der Waals surface area contributed by atoms with Gasteiger partial charge in [-0.05, 0) is 95.4 Å². The molecule has 0 saturated heterocycles. The molecule has 0 fully saturated rings. The molecule has 0 aromatic carbocycles. The molecule has 0 saturated carbocycles. The second-order valence-electron chi connectivity index (χ2n) is 9.43. The van der Waals surface area contributed by atoms with E-state index in [0.29, 0.717) is 0 Å². The second-order valence-corrected chi connectivity index (χ2v) is 15.5. The SMILES string of the molecule is Cc1ccsc1-c1ccc(-c2sc(-c3cc(C)c(-c4ccc(-c5sccc5CC(=O)O)s4)s3)cc2CC(=O)O)s1.O=C=O.O=C=O. The van der Waals surface area contributed by atoms with E-state index >= 15 is 0 Å². The molecule has 0 amide bonds. The molecule has 0 radical (unpaired) electrons. The number of thiophene rings is 6. The van der Waals surface area contributed by atoms with Crippen molar-refractivity contribution in [3.05, 3.63) is 81.5 Å². The summed E-state index contributed by atoms with van der Waals surface area (Å²) < 4.78 is 0. The van der Waals surface area contributed by atoms with Crippen molar-refractivity contribution in [2.45, 2.75) is 26.7 Å². The fraction of sp³-hybridized carbons (Fsp3) is 0.125. The molecule has 0 unspecified atom stereocenters. The van der Waals surface area contributed by atoms with Gasteiger partial charge in [-0.3, -0.25) is 9.59 Å². The highest BCUT2D eigenvalue weighted by Gasteiger charge is 2.20. The van der Waals surface area contributed by atoms with Crippen molar-refractivity contribution in [1.82, 2.24) is 0 Å². The highest BCUT2D eigenvalue weighted by molar-refractivity contribution is 7.30. The number of carboxylic acid groups (broad SMARTS) is 2. The van der Waals surface area contributed by atoms with Crippen LogP contribution in [0.25, 0.3) is 48.8 Å². The summed E-state index contributed by atoms with van der Waals surface area (Å²) in [7, 11) is 0. The second kappa shape index (κ2) is 15.9. The molecule has 6 heterocycles. The van der Waals surface area contributed by atoms with Gasteiger partial charge in [-0.2, -0.15) is 19.2 Å². The zero-order valence-corrected chi connectivity index (χ0v) is 28.9. The van der Waals surface area contributed by atoms with Crippen LogP contribution in [0.4, 0.5) is 0 Å². The smallest absolute Gasteiger partial charge is 0.373 e. The van der Waals surface area contributed by atoms with Gasteiger partial charge in [-0.15, -0.1) is 68.0 Å². The van der Waals surface area contributed by atoms with Crippen molar-refractivity contribution in [3.8, 4) is 48.8 Å². The lowest BCUT2D eigenvalue weighted by Gasteiger charge is -1.98. The summed E-state index contributed by atoms with van der Waals surface area (Å²) in [5, 5.41) is 23.0. The van der Waals surface area contributed by atoms with Crippen LogP contribution < -0.4 is 0 Å². The van der Waals surface area contributed by atoms with Crippen molar-refractivity contribution in [3.63, 3.8) is 0 Å². The summed E-state index contributed by atoms with van der Waals surface area (Å²) in [4.78, 5) is 66.7. The molecule has 2 N–H and O–H groups in total. The predicted molar refractivity (Wildman–Crippen MR) is 183 cm³/mol. The summed E-state index contributed by atoms with van der Waals surface area (Å²) in [6, 6.07) is 16.7. The quantitative estimate of drug-likeness (QED) is 0.150. The molecule has 6 aromatic rings. The Morgan fingerprint density at radius 3 is 1.57 bits per heavy atom. The van der Waals surface area contributed by atoms with Gasteiger partial charge < -0.3 is 10.2 Å². The molecule has 0 aliphatic rings. The lowest BCUT2D eigenvalue weighted by atomic mass is 10.1. The highest BCUT2D eigenvalue weighted by Crippen LogP contribution is 2.49. The van der Waals surface area contributed by atoms with Crippen molar-refractivity contribution in [1.29, 1.82) is 0 Å². The monoisotopic (exact) mass is 726 g/mol. The normalized spacial score (nSPS) is 10.2. The molecule has 0 atom stereocenters. The van der Waals surface area contributed by atoms with Crippen LogP contribution in [0.3, 0.4) is 0 Å². The molecule has 46 heavy (non-hydrogen) atoms. The summed E-state index contributed by atoms with van der Waals surface area (Å²) in [6.45, 7) is 4.23. The molecule has 234 valence electrons. The topological polar surface area (TPSA) is 143 Å². The Morgan fingerprint density at radius 2 is 1.00 bits per heavy atom. The molecule has 8 nitrogen and oxygen atoms in total. The zero-order chi connectivity index (χ0) is 33.4. The minimum Gasteiger partial charge on any atom is -0.481 e. The van der Waals surface area contributed by atoms with E-state index in [0.717, 1.165) is 45.3 Å². The Balaban J connectivity index is 0.000000744. The first kappa shape index (κ1) is 34.8. The van der Waals surface area contributed by atoms with E-state index < -0.39 is 11.9 Å². The molecular weight excluding hydrogens is 705 g/mol. The lowest BCUT2D eigenvalue weighted by Crippen LogP contribution is -1.99. The van der Waals surface area contributed by atoms with E-state index in [1.807, 2.05) is 17.5 Å². The zero-order valence-electron chi connectivity index (χ0n) is 24.0. The maximum absolute atomic E-state index is 11.7. The van der Waals surface area contributed by atoms with Crippen LogP contribution in [0.5, 0.6) is 0 Å². The highest BCUT2D eigenvalue weighted by atomic mass is 32.1. The Bertz CT molecular complexity index is 2040. The maximum Gasteiger partial charge on any atom is 0.373 e. The van der Waals surface area contributed by atoms with Gasteiger partial charge in [0.1, 0.15) is 0 Å². The van der Waals surface area contributed by atoms with Crippen molar-refractivity contribution in [2.24, 2.45) is 0 Å². The Labute approximate surface area is 286 Å². The third kappa shape index (κ3) is 8.18. The van der Waals surface area contributed by atoms with Crippen molar-refractivity contribution < 1.29 is 39.0 Å². The molecule has 0 aliphatic carbocycles. The molecule has 6 rings (SSSR count). The van der Waals surface area contributed by atoms with Gasteiger partial charge in [0.2, 0.25) is 0 Å². The third-order valence-corrected chi connectivity index (χ3v) is 13.8. The van der Waals surface area contributed by atoms with Crippen molar-refractivity contribution >= 4 is 92.3 Å². The van der Waals surface area contributed by atoms with Crippen molar-refractivity contribution in [2.75, 3.05) is 0 Å². The largest absolute Gasteiger partial charge is 0.481 e. The van der Waals surface area contributed by atoms with E-state index in [1.165, 1.54) is 25.8 Å². The summed E-state index contributed by atoms with van der Waals surface area (Å²) in [5.74, 6) is -1.66. The number of carbonyl (C=O) groups is 2. The van der Waals surface area contributed by atoms with E-state index in [9.17, 15) is 19.8 Å². The minimum absolute atomic E-state index is 0.0118. The number of hydrogen-bond acceptors (Lipinski definition) is 12.